The minimum Gasteiger partial charge on any atom is -0.379 e. The van der Waals surface area contributed by atoms with Crippen molar-refractivity contribution >= 4 is 5.69 Å². The van der Waals surface area contributed by atoms with Crippen molar-refractivity contribution in [2.75, 3.05) is 5.32 Å². The van der Waals surface area contributed by atoms with E-state index in [0.717, 1.165) is 0 Å². The predicted octanol–water partition coefficient (Wildman–Crippen LogP) is 5.40. The van der Waals surface area contributed by atoms with Gasteiger partial charge in [-0.3, -0.25) is 0 Å². The van der Waals surface area contributed by atoms with Crippen LogP contribution in [0.5, 0.6) is 0 Å². The van der Waals surface area contributed by atoms with Crippen LogP contribution in [-0.2, 0) is 0 Å². The monoisotopic (exact) mass is 257 g/mol. The fourth-order valence-electron chi connectivity index (χ4n) is 4.20. The molecule has 1 fully saturated rings. The summed E-state index contributed by atoms with van der Waals surface area (Å²) in [7, 11) is 0. The minimum atomic E-state index is 0.388. The standard InChI is InChI=1S/C18H27N/c1-14-9-8-10-16-15(2)13-18(19-17(14)16)11-6-4-3-5-7-12-18/h8-10,15,19H,3-7,11-13H2,1-2H3. The maximum atomic E-state index is 3.98. The smallest absolute Gasteiger partial charge is 0.0409 e. The van der Waals surface area contributed by atoms with Gasteiger partial charge in [0, 0.05) is 11.2 Å². The average Bonchev–Trinajstić information content (AvgIpc) is 2.36. The second-order valence-corrected chi connectivity index (χ2v) is 6.82. The minimum absolute atomic E-state index is 0.388. The first kappa shape index (κ1) is 13.0. The summed E-state index contributed by atoms with van der Waals surface area (Å²) in [5.74, 6) is 0.704. The zero-order chi connectivity index (χ0) is 13.3. The number of para-hydroxylation sites is 1. The maximum Gasteiger partial charge on any atom is 0.0409 e. The van der Waals surface area contributed by atoms with E-state index in [2.05, 4.69) is 37.4 Å². The molecule has 1 aliphatic heterocycles. The van der Waals surface area contributed by atoms with Gasteiger partial charge in [-0.1, -0.05) is 57.2 Å². The third-order valence-electron chi connectivity index (χ3n) is 5.23. The molecule has 0 radical (unpaired) electrons. The van der Waals surface area contributed by atoms with Crippen LogP contribution in [0.3, 0.4) is 0 Å². The number of aryl methyl sites for hydroxylation is 1. The highest BCUT2D eigenvalue weighted by atomic mass is 15.0. The van der Waals surface area contributed by atoms with Crippen LogP contribution in [0.2, 0.25) is 0 Å². The van der Waals surface area contributed by atoms with E-state index in [1.807, 2.05) is 0 Å². The highest BCUT2D eigenvalue weighted by molar-refractivity contribution is 5.62. The van der Waals surface area contributed by atoms with Crippen LogP contribution in [0.4, 0.5) is 5.69 Å². The van der Waals surface area contributed by atoms with E-state index in [1.54, 1.807) is 0 Å². The number of hydrogen-bond acceptors (Lipinski definition) is 1. The highest BCUT2D eigenvalue weighted by Gasteiger charge is 2.37. The van der Waals surface area contributed by atoms with Gasteiger partial charge in [-0.05, 0) is 43.2 Å². The molecule has 104 valence electrons. The number of nitrogens with one attached hydrogen (secondary N) is 1. The van der Waals surface area contributed by atoms with E-state index in [-0.39, 0.29) is 0 Å². The number of anilines is 1. The van der Waals surface area contributed by atoms with Gasteiger partial charge in [0.2, 0.25) is 0 Å². The first-order valence-electron chi connectivity index (χ1n) is 8.08. The van der Waals surface area contributed by atoms with Crippen molar-refractivity contribution in [3.05, 3.63) is 29.3 Å². The van der Waals surface area contributed by atoms with Crippen molar-refractivity contribution in [2.24, 2.45) is 0 Å². The van der Waals surface area contributed by atoms with Gasteiger partial charge in [0.1, 0.15) is 0 Å². The fourth-order valence-corrected chi connectivity index (χ4v) is 4.20. The van der Waals surface area contributed by atoms with Gasteiger partial charge in [0.15, 0.2) is 0 Å². The molecule has 0 amide bonds. The average molecular weight is 257 g/mol. The zero-order valence-electron chi connectivity index (χ0n) is 12.5. The second kappa shape index (κ2) is 5.19. The highest BCUT2D eigenvalue weighted by Crippen LogP contribution is 2.45. The van der Waals surface area contributed by atoms with Gasteiger partial charge in [0.25, 0.3) is 0 Å². The van der Waals surface area contributed by atoms with Crippen LogP contribution in [0.25, 0.3) is 0 Å². The Balaban J connectivity index is 1.91. The third-order valence-corrected chi connectivity index (χ3v) is 5.23. The topological polar surface area (TPSA) is 12.0 Å². The van der Waals surface area contributed by atoms with Gasteiger partial charge in [-0.2, -0.15) is 0 Å². The summed E-state index contributed by atoms with van der Waals surface area (Å²) in [5.41, 5.74) is 4.79. The first-order valence-corrected chi connectivity index (χ1v) is 8.08. The SMILES string of the molecule is Cc1cccc2c1NC1(CCCCCCC1)CC2C. The molecule has 0 bridgehead atoms. The predicted molar refractivity (Wildman–Crippen MR) is 82.9 cm³/mol. The fraction of sp³-hybridized carbons (Fsp3) is 0.667. The molecule has 1 N–H and O–H groups in total. The van der Waals surface area contributed by atoms with Crippen molar-refractivity contribution in [1.29, 1.82) is 0 Å². The largest absolute Gasteiger partial charge is 0.379 e. The van der Waals surface area contributed by atoms with E-state index in [4.69, 9.17) is 0 Å². The summed E-state index contributed by atoms with van der Waals surface area (Å²) in [4.78, 5) is 0. The van der Waals surface area contributed by atoms with E-state index in [9.17, 15) is 0 Å². The lowest BCUT2D eigenvalue weighted by molar-refractivity contribution is 0.300. The van der Waals surface area contributed by atoms with Gasteiger partial charge in [-0.25, -0.2) is 0 Å². The Morgan fingerprint density at radius 2 is 1.74 bits per heavy atom. The molecule has 1 heteroatoms. The quantitative estimate of drug-likeness (QED) is 0.656. The van der Waals surface area contributed by atoms with Crippen molar-refractivity contribution in [1.82, 2.24) is 0 Å². The molecule has 1 saturated carbocycles. The van der Waals surface area contributed by atoms with Crippen LogP contribution in [0.15, 0.2) is 18.2 Å². The normalized spacial score (nSPS) is 26.1. The van der Waals surface area contributed by atoms with Crippen molar-refractivity contribution in [2.45, 2.75) is 76.7 Å². The van der Waals surface area contributed by atoms with Gasteiger partial charge in [0.05, 0.1) is 0 Å². The third kappa shape index (κ3) is 2.52. The van der Waals surface area contributed by atoms with Gasteiger partial charge < -0.3 is 5.32 Å². The van der Waals surface area contributed by atoms with E-state index in [0.29, 0.717) is 11.5 Å². The Morgan fingerprint density at radius 3 is 2.47 bits per heavy atom. The van der Waals surface area contributed by atoms with Crippen LogP contribution in [0, 0.1) is 6.92 Å². The van der Waals surface area contributed by atoms with Crippen molar-refractivity contribution in [3.63, 3.8) is 0 Å². The Bertz CT molecular complexity index is 441. The summed E-state index contributed by atoms with van der Waals surface area (Å²) < 4.78 is 0. The Labute approximate surface area is 117 Å². The summed E-state index contributed by atoms with van der Waals surface area (Å²) in [6.07, 6.45) is 11.2. The molecule has 1 spiro atoms. The lowest BCUT2D eigenvalue weighted by Gasteiger charge is -2.44. The molecule has 1 unspecified atom stereocenters. The molecule has 19 heavy (non-hydrogen) atoms. The van der Waals surface area contributed by atoms with Crippen LogP contribution in [-0.4, -0.2) is 5.54 Å². The van der Waals surface area contributed by atoms with Gasteiger partial charge in [-0.15, -0.1) is 0 Å². The van der Waals surface area contributed by atoms with Gasteiger partial charge >= 0.3 is 0 Å². The van der Waals surface area contributed by atoms with Crippen LogP contribution < -0.4 is 5.32 Å². The summed E-state index contributed by atoms with van der Waals surface area (Å²) in [5, 5.41) is 3.98. The van der Waals surface area contributed by atoms with E-state index >= 15 is 0 Å². The molecule has 1 aromatic rings. The molecule has 1 heterocycles. The zero-order valence-corrected chi connectivity index (χ0v) is 12.5. The Kier molecular flexibility index (Phi) is 3.56. The van der Waals surface area contributed by atoms with E-state index in [1.165, 1.54) is 68.2 Å². The Morgan fingerprint density at radius 1 is 1.05 bits per heavy atom. The molecule has 1 aliphatic carbocycles. The summed E-state index contributed by atoms with van der Waals surface area (Å²) >= 11 is 0. The number of benzene rings is 1. The number of hydrogen-bond donors (Lipinski definition) is 1. The molecule has 2 aliphatic rings. The van der Waals surface area contributed by atoms with Crippen LogP contribution >= 0.6 is 0 Å². The summed E-state index contributed by atoms with van der Waals surface area (Å²) in [6.45, 7) is 4.67. The van der Waals surface area contributed by atoms with Crippen molar-refractivity contribution < 1.29 is 0 Å². The number of fused-ring (bicyclic) bond motifs is 1. The maximum absolute atomic E-state index is 3.98. The molecule has 1 nitrogen and oxygen atoms in total. The lowest BCUT2D eigenvalue weighted by Crippen LogP contribution is -2.43. The molecule has 3 rings (SSSR count). The van der Waals surface area contributed by atoms with Crippen molar-refractivity contribution in [3.8, 4) is 0 Å². The summed E-state index contributed by atoms with van der Waals surface area (Å²) in [6, 6.07) is 6.78. The molecule has 0 aromatic heterocycles. The Hall–Kier alpha value is -0.980. The van der Waals surface area contributed by atoms with Crippen LogP contribution in [0.1, 0.15) is 75.3 Å². The molecular formula is C18H27N. The first-order chi connectivity index (χ1) is 9.20. The lowest BCUT2D eigenvalue weighted by atomic mass is 9.73. The van der Waals surface area contributed by atoms with E-state index < -0.39 is 0 Å². The molecule has 1 atom stereocenters. The number of rotatable bonds is 0. The second-order valence-electron chi connectivity index (χ2n) is 6.82. The molecular weight excluding hydrogens is 230 g/mol. The molecule has 1 aromatic carbocycles. The molecule has 0 saturated heterocycles.